The monoisotopic (exact) mass is 318 g/mol. The second-order valence-electron chi connectivity index (χ2n) is 4.25. The van der Waals surface area contributed by atoms with E-state index in [4.69, 9.17) is 5.26 Å². The molecule has 0 aliphatic rings. The average molecular weight is 319 g/mol. The molecule has 0 spiro atoms. The van der Waals surface area contributed by atoms with Gasteiger partial charge in [-0.15, -0.1) is 0 Å². The van der Waals surface area contributed by atoms with Gasteiger partial charge >= 0.3 is 0 Å². The molecule has 0 amide bonds. The Balaban J connectivity index is 2.17. The lowest BCUT2D eigenvalue weighted by Crippen LogP contribution is -2.02. The van der Waals surface area contributed by atoms with Gasteiger partial charge in [0.05, 0.1) is 11.3 Å². The second-order valence-corrected chi connectivity index (χ2v) is 5.10. The number of halogens is 2. The van der Waals surface area contributed by atoms with Crippen LogP contribution in [-0.4, -0.2) is 0 Å². The van der Waals surface area contributed by atoms with Gasteiger partial charge in [-0.1, -0.05) is 28.1 Å². The summed E-state index contributed by atoms with van der Waals surface area (Å²) >= 11 is 3.50. The molecule has 0 saturated carbocycles. The van der Waals surface area contributed by atoms with Gasteiger partial charge in [0.25, 0.3) is 0 Å². The second kappa shape index (κ2) is 5.85. The number of hydrogen-bond donors (Lipinski definition) is 1. The molecule has 1 N–H and O–H groups in total. The summed E-state index contributed by atoms with van der Waals surface area (Å²) in [6.45, 7) is 2.59. The van der Waals surface area contributed by atoms with E-state index in [2.05, 4.69) is 21.2 Å². The summed E-state index contributed by atoms with van der Waals surface area (Å²) in [7, 11) is 0. The van der Waals surface area contributed by atoms with Crippen LogP contribution >= 0.6 is 15.9 Å². The molecule has 2 nitrogen and oxygen atoms in total. The van der Waals surface area contributed by atoms with Gasteiger partial charge in [-0.05, 0) is 42.3 Å². The Hall–Kier alpha value is -1.86. The van der Waals surface area contributed by atoms with Gasteiger partial charge in [-0.2, -0.15) is 5.26 Å². The van der Waals surface area contributed by atoms with Crippen molar-refractivity contribution in [1.29, 1.82) is 5.26 Å². The number of anilines is 1. The highest BCUT2D eigenvalue weighted by Gasteiger charge is 2.05. The smallest absolute Gasteiger partial charge is 0.124 e. The Morgan fingerprint density at radius 1 is 1.26 bits per heavy atom. The first-order valence-corrected chi connectivity index (χ1v) is 6.58. The summed E-state index contributed by atoms with van der Waals surface area (Å²) in [5.41, 5.74) is 3.20. The third-order valence-corrected chi connectivity index (χ3v) is 3.52. The average Bonchev–Trinajstić information content (AvgIpc) is 2.39. The molecule has 2 rings (SSSR count). The number of nitrogens with one attached hydrogen (secondary N) is 1. The van der Waals surface area contributed by atoms with E-state index < -0.39 is 5.82 Å². The highest BCUT2D eigenvalue weighted by Crippen LogP contribution is 2.21. The number of nitrogens with zero attached hydrogens (tertiary/aromatic N) is 1. The molecule has 0 unspecified atom stereocenters. The normalized spacial score (nSPS) is 10.0. The molecule has 2 aromatic rings. The fraction of sp³-hybridized carbons (Fsp3) is 0.133. The Labute approximate surface area is 120 Å². The van der Waals surface area contributed by atoms with Gasteiger partial charge in [0, 0.05) is 11.0 Å². The quantitative estimate of drug-likeness (QED) is 0.911. The maximum atomic E-state index is 13.0. The van der Waals surface area contributed by atoms with Gasteiger partial charge < -0.3 is 5.32 Å². The number of benzene rings is 2. The lowest BCUT2D eigenvalue weighted by Gasteiger charge is -2.10. The van der Waals surface area contributed by atoms with Crippen LogP contribution in [0.15, 0.2) is 40.9 Å². The van der Waals surface area contributed by atoms with Crippen molar-refractivity contribution in [3.8, 4) is 6.07 Å². The van der Waals surface area contributed by atoms with Crippen LogP contribution in [0, 0.1) is 24.1 Å². The molecule has 0 aliphatic carbocycles. The molecule has 0 saturated heterocycles. The van der Waals surface area contributed by atoms with Crippen LogP contribution in [0.3, 0.4) is 0 Å². The highest BCUT2D eigenvalue weighted by molar-refractivity contribution is 9.10. The van der Waals surface area contributed by atoms with Crippen LogP contribution in [0.2, 0.25) is 0 Å². The zero-order valence-electron chi connectivity index (χ0n) is 10.4. The lowest BCUT2D eigenvalue weighted by atomic mass is 10.1. The SMILES string of the molecule is Cc1ccc(CNc2ccc(F)cc2C#N)c(Br)c1. The van der Waals surface area contributed by atoms with Crippen LogP contribution < -0.4 is 5.32 Å². The van der Waals surface area contributed by atoms with Crippen molar-refractivity contribution in [3.63, 3.8) is 0 Å². The molecule has 0 atom stereocenters. The van der Waals surface area contributed by atoms with Crippen LogP contribution in [0.4, 0.5) is 10.1 Å². The van der Waals surface area contributed by atoms with Crippen molar-refractivity contribution in [3.05, 3.63) is 63.4 Å². The van der Waals surface area contributed by atoms with E-state index in [1.165, 1.54) is 17.7 Å². The topological polar surface area (TPSA) is 35.8 Å². The van der Waals surface area contributed by atoms with Crippen LogP contribution in [0.1, 0.15) is 16.7 Å². The van der Waals surface area contributed by atoms with E-state index in [-0.39, 0.29) is 0 Å². The Morgan fingerprint density at radius 2 is 2.05 bits per heavy atom. The first-order valence-electron chi connectivity index (χ1n) is 5.78. The Bertz CT molecular complexity index is 647. The molecular weight excluding hydrogens is 307 g/mol. The van der Waals surface area contributed by atoms with Gasteiger partial charge in [0.15, 0.2) is 0 Å². The largest absolute Gasteiger partial charge is 0.380 e. The van der Waals surface area contributed by atoms with Crippen molar-refractivity contribution in [2.24, 2.45) is 0 Å². The van der Waals surface area contributed by atoms with Gasteiger partial charge in [-0.25, -0.2) is 4.39 Å². The fourth-order valence-corrected chi connectivity index (χ4v) is 2.38. The van der Waals surface area contributed by atoms with Crippen molar-refractivity contribution in [2.75, 3.05) is 5.32 Å². The van der Waals surface area contributed by atoms with Crippen LogP contribution in [0.25, 0.3) is 0 Å². The van der Waals surface area contributed by atoms with E-state index >= 15 is 0 Å². The van der Waals surface area contributed by atoms with Crippen molar-refractivity contribution < 1.29 is 4.39 Å². The third-order valence-electron chi connectivity index (χ3n) is 2.78. The zero-order valence-corrected chi connectivity index (χ0v) is 12.0. The fourth-order valence-electron chi connectivity index (χ4n) is 1.75. The Kier molecular flexibility index (Phi) is 4.18. The van der Waals surface area contributed by atoms with Crippen LogP contribution in [0.5, 0.6) is 0 Å². The predicted molar refractivity (Wildman–Crippen MR) is 77.3 cm³/mol. The number of nitriles is 1. The first-order chi connectivity index (χ1) is 9.10. The minimum absolute atomic E-state index is 0.309. The molecule has 0 aliphatic heterocycles. The van der Waals surface area contributed by atoms with E-state index in [9.17, 15) is 4.39 Å². The summed E-state index contributed by atoms with van der Waals surface area (Å²) < 4.78 is 14.0. The number of rotatable bonds is 3. The lowest BCUT2D eigenvalue weighted by molar-refractivity contribution is 0.627. The first kappa shape index (κ1) is 13.6. The van der Waals surface area contributed by atoms with Crippen molar-refractivity contribution >= 4 is 21.6 Å². The van der Waals surface area contributed by atoms with Crippen molar-refractivity contribution in [1.82, 2.24) is 0 Å². The van der Waals surface area contributed by atoms with E-state index in [0.29, 0.717) is 17.8 Å². The molecule has 4 heteroatoms. The molecule has 19 heavy (non-hydrogen) atoms. The summed E-state index contributed by atoms with van der Waals surface area (Å²) in [6, 6.07) is 12.2. The van der Waals surface area contributed by atoms with Gasteiger partial charge in [0.2, 0.25) is 0 Å². The standard InChI is InChI=1S/C15H12BrFN2/c1-10-2-3-11(14(16)6-10)9-19-15-5-4-13(17)7-12(15)8-18/h2-7,19H,9H2,1H3. The minimum Gasteiger partial charge on any atom is -0.380 e. The maximum absolute atomic E-state index is 13.0. The molecule has 2 aromatic carbocycles. The Morgan fingerprint density at radius 3 is 2.74 bits per heavy atom. The van der Waals surface area contributed by atoms with Crippen molar-refractivity contribution in [2.45, 2.75) is 13.5 Å². The number of hydrogen-bond acceptors (Lipinski definition) is 2. The predicted octanol–water partition coefficient (Wildman–Crippen LogP) is 4.38. The summed E-state index contributed by atoms with van der Waals surface area (Å²) in [4.78, 5) is 0. The molecule has 0 aromatic heterocycles. The zero-order chi connectivity index (χ0) is 13.8. The van der Waals surface area contributed by atoms with Gasteiger partial charge in [-0.3, -0.25) is 0 Å². The molecule has 0 fully saturated rings. The molecule has 0 heterocycles. The van der Waals surface area contributed by atoms with E-state index in [1.54, 1.807) is 6.07 Å². The molecular formula is C15H12BrFN2. The van der Waals surface area contributed by atoms with Gasteiger partial charge in [0.1, 0.15) is 11.9 Å². The molecule has 0 bridgehead atoms. The van der Waals surface area contributed by atoms with Crippen LogP contribution in [-0.2, 0) is 6.54 Å². The van der Waals surface area contributed by atoms with E-state index in [1.807, 2.05) is 31.2 Å². The summed E-state index contributed by atoms with van der Waals surface area (Å²) in [5, 5.41) is 12.1. The number of aryl methyl sites for hydroxylation is 1. The summed E-state index contributed by atoms with van der Waals surface area (Å²) in [5.74, 6) is -0.404. The third kappa shape index (κ3) is 3.33. The molecule has 96 valence electrons. The highest BCUT2D eigenvalue weighted by atomic mass is 79.9. The molecule has 0 radical (unpaired) electrons. The maximum Gasteiger partial charge on any atom is 0.124 e. The summed E-state index contributed by atoms with van der Waals surface area (Å²) in [6.07, 6.45) is 0. The minimum atomic E-state index is -0.404. The van der Waals surface area contributed by atoms with E-state index in [0.717, 1.165) is 10.0 Å².